The lowest BCUT2D eigenvalue weighted by molar-refractivity contribution is -0.262. The van der Waals surface area contributed by atoms with Crippen molar-refractivity contribution in [2.45, 2.75) is 57.2 Å². The van der Waals surface area contributed by atoms with Gasteiger partial charge in [0.15, 0.2) is 5.82 Å². The fourth-order valence-corrected chi connectivity index (χ4v) is 3.58. The summed E-state index contributed by atoms with van der Waals surface area (Å²) in [6.07, 6.45) is -1.93. The maximum Gasteiger partial charge on any atom is 0.424 e. The van der Waals surface area contributed by atoms with Crippen LogP contribution in [0.15, 0.2) is 12.3 Å². The van der Waals surface area contributed by atoms with Gasteiger partial charge in [-0.2, -0.15) is 13.2 Å². The van der Waals surface area contributed by atoms with Crippen LogP contribution in [-0.4, -0.2) is 49.9 Å². The molecule has 2 atom stereocenters. The molecule has 2 aliphatic heterocycles. The fraction of sp³-hybridized carbons (Fsp3) is 0.647. The maximum atomic E-state index is 13.3. The minimum absolute atomic E-state index is 0.0135. The van der Waals surface area contributed by atoms with E-state index in [4.69, 9.17) is 9.47 Å². The zero-order valence-electron chi connectivity index (χ0n) is 15.0. The van der Waals surface area contributed by atoms with Gasteiger partial charge >= 0.3 is 6.18 Å². The first-order chi connectivity index (χ1) is 12.7. The van der Waals surface area contributed by atoms with Gasteiger partial charge < -0.3 is 19.1 Å². The molecule has 148 valence electrons. The first kappa shape index (κ1) is 18.3. The molecule has 0 unspecified atom stereocenters. The molecule has 1 fully saturated rings. The van der Waals surface area contributed by atoms with Crippen LogP contribution in [0.25, 0.3) is 11.4 Å². The number of fused-ring (bicyclic) bond motifs is 3. The Morgan fingerprint density at radius 3 is 2.63 bits per heavy atom. The number of aromatic nitrogens is 4. The van der Waals surface area contributed by atoms with Crippen LogP contribution in [0, 0.1) is 0 Å². The summed E-state index contributed by atoms with van der Waals surface area (Å²) in [5.74, 6) is 0.0136. The Morgan fingerprint density at radius 1 is 1.26 bits per heavy atom. The second-order valence-corrected chi connectivity index (χ2v) is 7.24. The zero-order valence-corrected chi connectivity index (χ0v) is 15.0. The molecule has 2 aromatic rings. The summed E-state index contributed by atoms with van der Waals surface area (Å²) in [5.41, 5.74) is -1.95. The van der Waals surface area contributed by atoms with Crippen LogP contribution in [-0.2, 0) is 16.9 Å². The predicted molar refractivity (Wildman–Crippen MR) is 88.3 cm³/mol. The lowest BCUT2D eigenvalue weighted by Crippen LogP contribution is -2.42. The first-order valence-electron chi connectivity index (χ1n) is 8.88. The molecule has 10 heteroatoms. The molecular formula is C17H21F3N4O3. The highest BCUT2D eigenvalue weighted by molar-refractivity contribution is 5.58. The summed E-state index contributed by atoms with van der Waals surface area (Å²) in [6, 6.07) is 1.36. The summed E-state index contributed by atoms with van der Waals surface area (Å²) >= 11 is 0. The average Bonchev–Trinajstić information content (AvgIpc) is 3.19. The number of halogens is 3. The lowest BCUT2D eigenvalue weighted by Gasteiger charge is -2.31. The van der Waals surface area contributed by atoms with E-state index in [0.29, 0.717) is 37.0 Å². The normalized spacial score (nSPS) is 22.8. The van der Waals surface area contributed by atoms with Gasteiger partial charge in [-0.05, 0) is 13.8 Å². The minimum Gasteiger partial charge on any atom is -0.473 e. The molecule has 1 N–H and O–H groups in total. The smallest absolute Gasteiger partial charge is 0.424 e. The van der Waals surface area contributed by atoms with Gasteiger partial charge in [0.05, 0.1) is 43.4 Å². The monoisotopic (exact) mass is 386 g/mol. The second-order valence-electron chi connectivity index (χ2n) is 7.24. The molecule has 4 heterocycles. The SMILES string of the molecule is C[C@H]1Cn2nc(OC3CCOCC3)cc2-c2cnc([C@@](C)(O)C(F)(F)F)n21. The van der Waals surface area contributed by atoms with Crippen LogP contribution in [0.2, 0.25) is 0 Å². The molecule has 4 rings (SSSR count). The third-order valence-electron chi connectivity index (χ3n) is 5.14. The Hall–Kier alpha value is -2.07. The number of hydrogen-bond acceptors (Lipinski definition) is 5. The van der Waals surface area contributed by atoms with E-state index >= 15 is 0 Å². The quantitative estimate of drug-likeness (QED) is 0.878. The number of imidazole rings is 1. The van der Waals surface area contributed by atoms with Gasteiger partial charge in [0.25, 0.3) is 0 Å². The standard InChI is InChI=1S/C17H21F3N4O3/c1-10-9-23-12(7-14(22-23)27-11-3-5-26-6-4-11)13-8-21-15(24(10)13)16(2,25)17(18,19)20/h7-8,10-11,25H,3-6,9H2,1-2H3/t10-,16+/m0/s1. The fourth-order valence-electron chi connectivity index (χ4n) is 3.58. The topological polar surface area (TPSA) is 74.3 Å². The number of rotatable bonds is 3. The first-order valence-corrected chi connectivity index (χ1v) is 8.88. The molecule has 0 aliphatic carbocycles. The molecule has 2 aliphatic rings. The molecule has 0 aromatic carbocycles. The van der Waals surface area contributed by atoms with E-state index in [9.17, 15) is 18.3 Å². The van der Waals surface area contributed by atoms with E-state index in [0.717, 1.165) is 19.8 Å². The van der Waals surface area contributed by atoms with Crippen molar-refractivity contribution in [3.8, 4) is 17.3 Å². The molecule has 27 heavy (non-hydrogen) atoms. The van der Waals surface area contributed by atoms with Crippen molar-refractivity contribution < 1.29 is 27.8 Å². The lowest BCUT2D eigenvalue weighted by atomic mass is 10.0. The van der Waals surface area contributed by atoms with Crippen molar-refractivity contribution in [1.29, 1.82) is 0 Å². The number of ether oxygens (including phenoxy) is 2. The van der Waals surface area contributed by atoms with Crippen LogP contribution in [0.4, 0.5) is 13.2 Å². The van der Waals surface area contributed by atoms with Gasteiger partial charge in [-0.25, -0.2) is 4.98 Å². The van der Waals surface area contributed by atoms with Crippen LogP contribution in [0.5, 0.6) is 5.88 Å². The Labute approximate surface area is 153 Å². The summed E-state index contributed by atoms with van der Waals surface area (Å²) in [7, 11) is 0. The van der Waals surface area contributed by atoms with E-state index in [1.54, 1.807) is 17.7 Å². The van der Waals surface area contributed by atoms with Crippen molar-refractivity contribution >= 4 is 0 Å². The number of alkyl halides is 3. The number of nitrogens with zero attached hydrogens (tertiary/aromatic N) is 4. The van der Waals surface area contributed by atoms with Crippen LogP contribution in [0.1, 0.15) is 38.6 Å². The van der Waals surface area contributed by atoms with Gasteiger partial charge in [0, 0.05) is 18.9 Å². The number of aliphatic hydroxyl groups is 1. The Morgan fingerprint density at radius 2 is 1.96 bits per heavy atom. The molecule has 0 radical (unpaired) electrons. The molecular weight excluding hydrogens is 365 g/mol. The molecule has 0 spiro atoms. The van der Waals surface area contributed by atoms with Gasteiger partial charge in [-0.3, -0.25) is 4.68 Å². The second kappa shape index (κ2) is 6.23. The summed E-state index contributed by atoms with van der Waals surface area (Å²) in [4.78, 5) is 3.90. The van der Waals surface area contributed by atoms with Crippen LogP contribution >= 0.6 is 0 Å². The van der Waals surface area contributed by atoms with Gasteiger partial charge in [-0.15, -0.1) is 5.10 Å². The Kier molecular flexibility index (Phi) is 4.22. The van der Waals surface area contributed by atoms with E-state index in [-0.39, 0.29) is 12.1 Å². The molecule has 7 nitrogen and oxygen atoms in total. The van der Waals surface area contributed by atoms with E-state index < -0.39 is 17.6 Å². The third-order valence-corrected chi connectivity index (χ3v) is 5.14. The molecule has 0 amide bonds. The van der Waals surface area contributed by atoms with Crippen molar-refractivity contribution in [3.05, 3.63) is 18.1 Å². The maximum absolute atomic E-state index is 13.3. The van der Waals surface area contributed by atoms with Crippen LogP contribution < -0.4 is 4.74 Å². The summed E-state index contributed by atoms with van der Waals surface area (Å²) < 4.78 is 54.3. The zero-order chi connectivity index (χ0) is 19.4. The van der Waals surface area contributed by atoms with Crippen molar-refractivity contribution in [2.75, 3.05) is 13.2 Å². The molecule has 2 aromatic heterocycles. The largest absolute Gasteiger partial charge is 0.473 e. The minimum atomic E-state index is -4.83. The summed E-state index contributed by atoms with van der Waals surface area (Å²) in [6.45, 7) is 4.12. The third kappa shape index (κ3) is 3.00. The van der Waals surface area contributed by atoms with Crippen molar-refractivity contribution in [2.24, 2.45) is 0 Å². The highest BCUT2D eigenvalue weighted by Gasteiger charge is 2.55. The highest BCUT2D eigenvalue weighted by Crippen LogP contribution is 2.42. The van der Waals surface area contributed by atoms with E-state index in [1.807, 2.05) is 0 Å². The molecule has 1 saturated heterocycles. The average molecular weight is 386 g/mol. The molecule has 0 saturated carbocycles. The van der Waals surface area contributed by atoms with Gasteiger partial charge in [0.1, 0.15) is 6.10 Å². The van der Waals surface area contributed by atoms with Crippen LogP contribution in [0.3, 0.4) is 0 Å². The van der Waals surface area contributed by atoms with E-state index in [1.165, 1.54) is 10.8 Å². The summed E-state index contributed by atoms with van der Waals surface area (Å²) in [5, 5.41) is 14.5. The van der Waals surface area contributed by atoms with Crippen molar-refractivity contribution in [3.63, 3.8) is 0 Å². The Bertz CT molecular complexity index is 837. The number of hydrogen-bond donors (Lipinski definition) is 1. The Balaban J connectivity index is 1.69. The van der Waals surface area contributed by atoms with E-state index in [2.05, 4.69) is 10.1 Å². The predicted octanol–water partition coefficient (Wildman–Crippen LogP) is 2.65. The van der Waals surface area contributed by atoms with Gasteiger partial charge in [-0.1, -0.05) is 0 Å². The molecule has 0 bridgehead atoms. The van der Waals surface area contributed by atoms with Crippen molar-refractivity contribution in [1.82, 2.24) is 19.3 Å². The highest BCUT2D eigenvalue weighted by atomic mass is 19.4. The van der Waals surface area contributed by atoms with Gasteiger partial charge in [0.2, 0.25) is 11.5 Å².